The van der Waals surface area contributed by atoms with Gasteiger partial charge in [0.25, 0.3) is 0 Å². The minimum Gasteiger partial charge on any atom is -0.368 e. The third-order valence-corrected chi connectivity index (χ3v) is 4.86. The molecule has 0 spiro atoms. The normalized spacial score (nSPS) is 16.8. The van der Waals surface area contributed by atoms with Gasteiger partial charge < -0.3 is 5.73 Å². The monoisotopic (exact) mass is 348 g/mol. The zero-order valence-corrected chi connectivity index (χ0v) is 13.2. The fourth-order valence-corrected chi connectivity index (χ4v) is 3.22. The molecule has 2 N–H and O–H groups in total. The molecule has 0 atom stereocenters. The van der Waals surface area contributed by atoms with Gasteiger partial charge >= 0.3 is 6.18 Å². The first-order valence-electron chi connectivity index (χ1n) is 7.87. The van der Waals surface area contributed by atoms with Crippen LogP contribution >= 0.6 is 0 Å². The first-order chi connectivity index (χ1) is 11.9. The highest BCUT2D eigenvalue weighted by atomic mass is 19.4. The van der Waals surface area contributed by atoms with E-state index in [9.17, 15) is 13.2 Å². The number of aromatic nitrogens is 5. The summed E-state index contributed by atoms with van der Waals surface area (Å²) >= 11 is 0. The van der Waals surface area contributed by atoms with Gasteiger partial charge in [-0.05, 0) is 31.0 Å². The lowest BCUT2D eigenvalue weighted by atomic mass is 9.66. The lowest BCUT2D eigenvalue weighted by molar-refractivity contribution is -0.250. The Morgan fingerprint density at radius 3 is 2.64 bits per heavy atom. The molecule has 3 heterocycles. The molecule has 1 aliphatic carbocycles. The van der Waals surface area contributed by atoms with Crippen molar-refractivity contribution in [2.75, 3.05) is 5.73 Å². The van der Waals surface area contributed by atoms with Gasteiger partial charge in [-0.1, -0.05) is 6.42 Å². The molecule has 0 radical (unpaired) electrons. The van der Waals surface area contributed by atoms with E-state index in [-0.39, 0.29) is 25.2 Å². The average Bonchev–Trinajstić information content (AvgIpc) is 2.91. The van der Waals surface area contributed by atoms with Crippen LogP contribution < -0.4 is 5.73 Å². The van der Waals surface area contributed by atoms with Gasteiger partial charge in [-0.3, -0.25) is 4.40 Å². The maximum atomic E-state index is 13.4. The number of anilines is 1. The summed E-state index contributed by atoms with van der Waals surface area (Å²) in [6, 6.07) is 5.18. The summed E-state index contributed by atoms with van der Waals surface area (Å²) in [6.45, 7) is 0. The van der Waals surface area contributed by atoms with E-state index in [0.717, 1.165) is 5.56 Å². The molecule has 3 aromatic rings. The average molecular weight is 348 g/mol. The van der Waals surface area contributed by atoms with Crippen molar-refractivity contribution >= 4 is 11.6 Å². The fourth-order valence-electron chi connectivity index (χ4n) is 3.22. The second-order valence-electron chi connectivity index (χ2n) is 6.37. The van der Waals surface area contributed by atoms with Crippen molar-refractivity contribution in [1.82, 2.24) is 24.6 Å². The Hall–Kier alpha value is -2.71. The van der Waals surface area contributed by atoms with Gasteiger partial charge in [-0.2, -0.15) is 13.2 Å². The van der Waals surface area contributed by atoms with E-state index in [0.29, 0.717) is 23.6 Å². The first-order valence-corrected chi connectivity index (χ1v) is 7.87. The second kappa shape index (κ2) is 5.40. The van der Waals surface area contributed by atoms with Crippen molar-refractivity contribution in [3.8, 4) is 11.3 Å². The predicted molar refractivity (Wildman–Crippen MR) is 84.5 cm³/mol. The topological polar surface area (TPSA) is 82.0 Å². The molecule has 9 heteroatoms. The Balaban J connectivity index is 1.69. The predicted octanol–water partition coefficient (Wildman–Crippen LogP) is 3.04. The molecule has 6 nitrogen and oxygen atoms in total. The number of pyridine rings is 1. The van der Waals surface area contributed by atoms with Crippen LogP contribution in [-0.4, -0.2) is 30.7 Å². The molecule has 0 bridgehead atoms. The number of rotatable bonds is 3. The number of nitrogens with zero attached hydrogens (tertiary/aromatic N) is 5. The van der Waals surface area contributed by atoms with E-state index >= 15 is 0 Å². The maximum absolute atomic E-state index is 13.4. The van der Waals surface area contributed by atoms with Gasteiger partial charge in [0, 0.05) is 24.4 Å². The largest absolute Gasteiger partial charge is 0.394 e. The van der Waals surface area contributed by atoms with Crippen molar-refractivity contribution in [3.63, 3.8) is 0 Å². The minimum atomic E-state index is -4.23. The Morgan fingerprint density at radius 2 is 2.00 bits per heavy atom. The van der Waals surface area contributed by atoms with Gasteiger partial charge in [0.2, 0.25) is 5.95 Å². The molecule has 1 fully saturated rings. The molecule has 130 valence electrons. The van der Waals surface area contributed by atoms with Gasteiger partial charge in [-0.25, -0.2) is 9.97 Å². The highest BCUT2D eigenvalue weighted by Gasteiger charge is 2.58. The second-order valence-corrected chi connectivity index (χ2v) is 6.37. The van der Waals surface area contributed by atoms with Crippen molar-refractivity contribution in [2.45, 2.75) is 31.9 Å². The molecule has 3 aromatic heterocycles. The Morgan fingerprint density at radius 1 is 1.20 bits per heavy atom. The van der Waals surface area contributed by atoms with Crippen LogP contribution in [0, 0.1) is 5.41 Å². The number of alkyl halides is 3. The molecular formula is C16H15F3N6. The van der Waals surface area contributed by atoms with Crippen molar-refractivity contribution in [1.29, 1.82) is 0 Å². The molecule has 1 aliphatic rings. The SMILES string of the molecule is Nc1nccc(-c2ccn3c(CC4(C(F)(F)F)CCC4)nnc3c2)n1. The van der Waals surface area contributed by atoms with Crippen molar-refractivity contribution in [2.24, 2.45) is 5.41 Å². The van der Waals surface area contributed by atoms with Crippen LogP contribution in [-0.2, 0) is 6.42 Å². The lowest BCUT2D eigenvalue weighted by Gasteiger charge is -2.42. The summed E-state index contributed by atoms with van der Waals surface area (Å²) in [4.78, 5) is 7.97. The van der Waals surface area contributed by atoms with Crippen LogP contribution in [0.4, 0.5) is 19.1 Å². The number of nitrogen functional groups attached to an aromatic ring is 1. The van der Waals surface area contributed by atoms with Gasteiger partial charge in [0.05, 0.1) is 11.1 Å². The minimum absolute atomic E-state index is 0.143. The van der Waals surface area contributed by atoms with Crippen LogP contribution in [0.3, 0.4) is 0 Å². The van der Waals surface area contributed by atoms with E-state index in [1.165, 1.54) is 0 Å². The van der Waals surface area contributed by atoms with Crippen molar-refractivity contribution < 1.29 is 13.2 Å². The smallest absolute Gasteiger partial charge is 0.368 e. The molecule has 1 saturated carbocycles. The number of nitrogens with two attached hydrogens (primary N) is 1. The lowest BCUT2D eigenvalue weighted by Crippen LogP contribution is -2.46. The molecule has 25 heavy (non-hydrogen) atoms. The van der Waals surface area contributed by atoms with Crippen LogP contribution in [0.25, 0.3) is 16.9 Å². The highest BCUT2D eigenvalue weighted by molar-refractivity contribution is 5.64. The standard InChI is InChI=1S/C16H15F3N6/c17-16(18,19)15(4-1-5-15)9-13-24-23-12-8-10(3-7-25(12)13)11-2-6-21-14(20)22-11/h2-3,6-8H,1,4-5,9H2,(H2,20,21,22). The Kier molecular flexibility index (Phi) is 3.41. The van der Waals surface area contributed by atoms with E-state index in [2.05, 4.69) is 20.2 Å². The van der Waals surface area contributed by atoms with Gasteiger partial charge in [0.15, 0.2) is 5.65 Å². The quantitative estimate of drug-likeness (QED) is 0.787. The first kappa shape index (κ1) is 15.8. The fraction of sp³-hybridized carbons (Fsp3) is 0.375. The van der Waals surface area contributed by atoms with E-state index in [4.69, 9.17) is 5.73 Å². The molecule has 0 saturated heterocycles. The molecular weight excluding hydrogens is 333 g/mol. The molecule has 0 unspecified atom stereocenters. The summed E-state index contributed by atoms with van der Waals surface area (Å²) in [5, 5.41) is 8.01. The summed E-state index contributed by atoms with van der Waals surface area (Å²) in [6.07, 6.45) is -0.294. The number of halogens is 3. The van der Waals surface area contributed by atoms with Crippen LogP contribution in [0.5, 0.6) is 0 Å². The summed E-state index contributed by atoms with van der Waals surface area (Å²) in [5.41, 5.74) is 5.75. The number of hydrogen-bond donors (Lipinski definition) is 1. The zero-order chi connectivity index (χ0) is 17.7. The number of hydrogen-bond acceptors (Lipinski definition) is 5. The van der Waals surface area contributed by atoms with E-state index in [1.807, 2.05) is 0 Å². The molecule has 0 aromatic carbocycles. The highest BCUT2D eigenvalue weighted by Crippen LogP contribution is 2.54. The maximum Gasteiger partial charge on any atom is 0.394 e. The zero-order valence-electron chi connectivity index (χ0n) is 13.2. The molecule has 4 rings (SSSR count). The summed E-state index contributed by atoms with van der Waals surface area (Å²) < 4.78 is 41.8. The number of fused-ring (bicyclic) bond motifs is 1. The van der Waals surface area contributed by atoms with Crippen LogP contribution in [0.1, 0.15) is 25.1 Å². The van der Waals surface area contributed by atoms with Gasteiger partial charge in [0.1, 0.15) is 5.82 Å². The van der Waals surface area contributed by atoms with Crippen LogP contribution in [0.15, 0.2) is 30.6 Å². The Bertz CT molecular complexity index is 929. The van der Waals surface area contributed by atoms with Crippen molar-refractivity contribution in [3.05, 3.63) is 36.4 Å². The van der Waals surface area contributed by atoms with E-state index < -0.39 is 11.6 Å². The molecule has 0 amide bonds. The third-order valence-electron chi connectivity index (χ3n) is 4.86. The summed E-state index contributed by atoms with van der Waals surface area (Å²) in [5.74, 6) is 0.470. The Labute approximate surface area is 140 Å². The molecule has 0 aliphatic heterocycles. The third kappa shape index (κ3) is 2.59. The van der Waals surface area contributed by atoms with E-state index in [1.54, 1.807) is 35.0 Å². The summed E-state index contributed by atoms with van der Waals surface area (Å²) in [7, 11) is 0. The van der Waals surface area contributed by atoms with Gasteiger partial charge in [-0.15, -0.1) is 10.2 Å². The van der Waals surface area contributed by atoms with Crippen LogP contribution in [0.2, 0.25) is 0 Å².